The third-order valence-corrected chi connectivity index (χ3v) is 4.04. The molecule has 0 spiro atoms. The van der Waals surface area contributed by atoms with E-state index in [0.29, 0.717) is 29.6 Å². The number of amides is 1. The van der Waals surface area contributed by atoms with Crippen molar-refractivity contribution in [2.45, 2.75) is 0 Å². The number of hydrogen-bond donors (Lipinski definition) is 1. The van der Waals surface area contributed by atoms with Gasteiger partial charge in [0.2, 0.25) is 5.91 Å². The fourth-order valence-electron chi connectivity index (χ4n) is 2.04. The largest absolute Gasteiger partial charge is 0.492 e. The quantitative estimate of drug-likeness (QED) is 0.724. The van der Waals surface area contributed by atoms with Crippen LogP contribution in [0.5, 0.6) is 5.75 Å². The van der Waals surface area contributed by atoms with Crippen molar-refractivity contribution in [1.29, 1.82) is 0 Å². The monoisotopic (exact) mass is 404 g/mol. The molecule has 134 valence electrons. The van der Waals surface area contributed by atoms with E-state index >= 15 is 0 Å². The zero-order valence-corrected chi connectivity index (χ0v) is 15.6. The molecule has 0 atom stereocenters. The molecule has 0 unspecified atom stereocenters. The number of ether oxygens (including phenoxy) is 1. The summed E-state index contributed by atoms with van der Waals surface area (Å²) in [6, 6.07) is 8.89. The summed E-state index contributed by atoms with van der Waals surface area (Å²) >= 11 is 17.9. The van der Waals surface area contributed by atoms with Crippen molar-refractivity contribution >= 4 is 46.4 Å². The Kier molecular flexibility index (Phi) is 7.32. The lowest BCUT2D eigenvalue weighted by Gasteiger charge is -2.17. The fourth-order valence-corrected chi connectivity index (χ4v) is 2.95. The van der Waals surface area contributed by atoms with E-state index in [2.05, 4.69) is 5.32 Å². The van der Waals surface area contributed by atoms with Crippen LogP contribution in [-0.2, 0) is 4.79 Å². The second-order valence-electron chi connectivity index (χ2n) is 5.34. The summed E-state index contributed by atoms with van der Waals surface area (Å²) in [6.45, 7) is 0.906. The third kappa shape index (κ3) is 6.36. The lowest BCUT2D eigenvalue weighted by molar-refractivity contribution is -0.117. The number of carbonyl (C=O) groups is 1. The molecule has 0 bridgehead atoms. The molecule has 25 heavy (non-hydrogen) atoms. The van der Waals surface area contributed by atoms with E-state index in [-0.39, 0.29) is 28.3 Å². The van der Waals surface area contributed by atoms with Gasteiger partial charge in [-0.1, -0.05) is 40.9 Å². The van der Waals surface area contributed by atoms with Crippen LogP contribution in [0, 0.1) is 5.82 Å². The minimum absolute atomic E-state index is 0.113. The minimum Gasteiger partial charge on any atom is -0.492 e. The first-order valence-corrected chi connectivity index (χ1v) is 8.50. The van der Waals surface area contributed by atoms with Gasteiger partial charge in [-0.05, 0) is 31.3 Å². The summed E-state index contributed by atoms with van der Waals surface area (Å²) in [5.74, 6) is -0.195. The van der Waals surface area contributed by atoms with Crippen molar-refractivity contribution in [3.8, 4) is 5.75 Å². The SMILES string of the molecule is CN(CCOc1cccc(F)c1)CC(=O)Nc1c(Cl)cc(Cl)cc1Cl. The number of halogens is 4. The summed E-state index contributed by atoms with van der Waals surface area (Å²) < 4.78 is 18.5. The number of nitrogens with one attached hydrogen (secondary N) is 1. The molecule has 2 rings (SSSR count). The van der Waals surface area contributed by atoms with Crippen LogP contribution in [-0.4, -0.2) is 37.6 Å². The van der Waals surface area contributed by atoms with Gasteiger partial charge >= 0.3 is 0 Å². The Hall–Kier alpha value is -1.53. The van der Waals surface area contributed by atoms with E-state index in [1.807, 2.05) is 0 Å². The summed E-state index contributed by atoms with van der Waals surface area (Å²) in [5.41, 5.74) is 0.321. The summed E-state index contributed by atoms with van der Waals surface area (Å²) in [5, 5.41) is 3.58. The van der Waals surface area contributed by atoms with Crippen LogP contribution in [0.25, 0.3) is 0 Å². The first-order valence-electron chi connectivity index (χ1n) is 7.36. The maximum Gasteiger partial charge on any atom is 0.238 e. The Morgan fingerprint density at radius 2 is 1.88 bits per heavy atom. The Balaban J connectivity index is 1.80. The molecule has 0 fully saturated rings. The van der Waals surface area contributed by atoms with E-state index < -0.39 is 0 Å². The second-order valence-corrected chi connectivity index (χ2v) is 6.59. The Morgan fingerprint density at radius 1 is 1.20 bits per heavy atom. The fraction of sp³-hybridized carbons (Fsp3) is 0.235. The first-order chi connectivity index (χ1) is 11.8. The normalized spacial score (nSPS) is 10.8. The molecule has 1 N–H and O–H groups in total. The molecule has 0 aromatic heterocycles. The van der Waals surface area contributed by atoms with Crippen molar-refractivity contribution in [3.05, 3.63) is 57.3 Å². The average molecular weight is 406 g/mol. The standard InChI is InChI=1S/C17H16Cl3FN2O2/c1-23(5-6-25-13-4-2-3-12(21)9-13)10-16(24)22-17-14(19)7-11(18)8-15(17)20/h2-4,7-9H,5-6,10H2,1H3,(H,22,24). The van der Waals surface area contributed by atoms with Gasteiger partial charge in [0.25, 0.3) is 0 Å². The number of rotatable bonds is 7. The van der Waals surface area contributed by atoms with E-state index in [9.17, 15) is 9.18 Å². The van der Waals surface area contributed by atoms with Gasteiger partial charge in [-0.25, -0.2) is 4.39 Å². The molecule has 4 nitrogen and oxygen atoms in total. The van der Waals surface area contributed by atoms with Gasteiger partial charge in [0.1, 0.15) is 18.2 Å². The molecule has 0 heterocycles. The molecular weight excluding hydrogens is 390 g/mol. The maximum atomic E-state index is 13.0. The highest BCUT2D eigenvalue weighted by molar-refractivity contribution is 6.42. The first kappa shape index (κ1) is 19.8. The molecule has 0 aliphatic heterocycles. The second kappa shape index (κ2) is 9.25. The molecular formula is C17H16Cl3FN2O2. The molecule has 0 saturated carbocycles. The van der Waals surface area contributed by atoms with Gasteiger partial charge < -0.3 is 10.1 Å². The van der Waals surface area contributed by atoms with Crippen LogP contribution in [0.2, 0.25) is 15.1 Å². The van der Waals surface area contributed by atoms with Gasteiger partial charge in [0.15, 0.2) is 0 Å². The summed E-state index contributed by atoms with van der Waals surface area (Å²) in [6.07, 6.45) is 0. The van der Waals surface area contributed by atoms with Gasteiger partial charge in [0.05, 0.1) is 22.3 Å². The van der Waals surface area contributed by atoms with E-state index in [1.54, 1.807) is 24.1 Å². The van der Waals surface area contributed by atoms with Gasteiger partial charge in [-0.15, -0.1) is 0 Å². The number of hydrogen-bond acceptors (Lipinski definition) is 3. The smallest absolute Gasteiger partial charge is 0.238 e. The molecule has 0 saturated heterocycles. The van der Waals surface area contributed by atoms with Crippen LogP contribution in [0.15, 0.2) is 36.4 Å². The van der Waals surface area contributed by atoms with Crippen molar-refractivity contribution in [2.75, 3.05) is 32.1 Å². The van der Waals surface area contributed by atoms with E-state index in [4.69, 9.17) is 39.5 Å². The summed E-state index contributed by atoms with van der Waals surface area (Å²) in [7, 11) is 1.76. The number of nitrogens with zero attached hydrogens (tertiary/aromatic N) is 1. The highest BCUT2D eigenvalue weighted by Crippen LogP contribution is 2.33. The molecule has 2 aromatic carbocycles. The molecule has 2 aromatic rings. The van der Waals surface area contributed by atoms with Crippen molar-refractivity contribution in [3.63, 3.8) is 0 Å². The zero-order chi connectivity index (χ0) is 18.4. The highest BCUT2D eigenvalue weighted by Gasteiger charge is 2.13. The number of likely N-dealkylation sites (N-methyl/N-ethyl adjacent to an activating group) is 1. The average Bonchev–Trinajstić information content (AvgIpc) is 2.51. The number of carbonyl (C=O) groups excluding carboxylic acids is 1. The van der Waals surface area contributed by atoms with Gasteiger partial charge in [0, 0.05) is 17.6 Å². The van der Waals surface area contributed by atoms with Gasteiger partial charge in [-0.2, -0.15) is 0 Å². The predicted octanol–water partition coefficient (Wildman–Crippen LogP) is 4.74. The molecule has 8 heteroatoms. The Bertz CT molecular complexity index is 735. The van der Waals surface area contributed by atoms with Crippen LogP contribution >= 0.6 is 34.8 Å². The van der Waals surface area contributed by atoms with Crippen LogP contribution in [0.1, 0.15) is 0 Å². The minimum atomic E-state index is -0.359. The van der Waals surface area contributed by atoms with Crippen LogP contribution in [0.3, 0.4) is 0 Å². The Morgan fingerprint density at radius 3 is 2.52 bits per heavy atom. The lowest BCUT2D eigenvalue weighted by Crippen LogP contribution is -2.33. The van der Waals surface area contributed by atoms with E-state index in [0.717, 1.165) is 0 Å². The lowest BCUT2D eigenvalue weighted by atomic mass is 10.3. The third-order valence-electron chi connectivity index (χ3n) is 3.22. The van der Waals surface area contributed by atoms with Gasteiger partial charge in [-0.3, -0.25) is 9.69 Å². The van der Waals surface area contributed by atoms with Crippen molar-refractivity contribution in [1.82, 2.24) is 4.90 Å². The number of benzene rings is 2. The number of anilines is 1. The topological polar surface area (TPSA) is 41.6 Å². The zero-order valence-electron chi connectivity index (χ0n) is 13.4. The molecule has 0 aliphatic carbocycles. The van der Waals surface area contributed by atoms with Crippen LogP contribution < -0.4 is 10.1 Å². The molecule has 0 aliphatic rings. The summed E-state index contributed by atoms with van der Waals surface area (Å²) in [4.78, 5) is 13.9. The van der Waals surface area contributed by atoms with Crippen molar-refractivity contribution in [2.24, 2.45) is 0 Å². The molecule has 0 radical (unpaired) electrons. The maximum absolute atomic E-state index is 13.0. The van der Waals surface area contributed by atoms with Crippen LogP contribution in [0.4, 0.5) is 10.1 Å². The predicted molar refractivity (Wildman–Crippen MR) is 99.5 cm³/mol. The molecule has 1 amide bonds. The van der Waals surface area contributed by atoms with E-state index in [1.165, 1.54) is 24.3 Å². The highest BCUT2D eigenvalue weighted by atomic mass is 35.5. The Labute approximate surface area is 160 Å². The van der Waals surface area contributed by atoms with Crippen molar-refractivity contribution < 1.29 is 13.9 Å².